The van der Waals surface area contributed by atoms with E-state index >= 15 is 0 Å². The molecule has 1 aromatic carbocycles. The summed E-state index contributed by atoms with van der Waals surface area (Å²) in [6.07, 6.45) is 0.982. The number of carbonyl (C=O) groups excluding carboxylic acids is 1. The molecule has 0 spiro atoms. The molecule has 0 aliphatic heterocycles. The Balaban J connectivity index is 1.92. The van der Waals surface area contributed by atoms with Gasteiger partial charge in [-0.3, -0.25) is 9.59 Å². The van der Waals surface area contributed by atoms with E-state index in [9.17, 15) is 18.4 Å². The number of rotatable bonds is 9. The van der Waals surface area contributed by atoms with Gasteiger partial charge in [0.2, 0.25) is 5.91 Å². The lowest BCUT2D eigenvalue weighted by atomic mass is 9.99. The first kappa shape index (κ1) is 22.9. The van der Waals surface area contributed by atoms with Gasteiger partial charge in [0, 0.05) is 18.7 Å². The van der Waals surface area contributed by atoms with Crippen LogP contribution in [0, 0.1) is 25.2 Å². The number of halogens is 2. The SMILES string of the molecule is COc1ccc(CCNC(=O)CCc2c(C)[nH]c(=O)c(C#N)c2C)cc1OC(F)F. The molecule has 0 saturated carbocycles. The Morgan fingerprint density at radius 1 is 1.27 bits per heavy atom. The van der Waals surface area contributed by atoms with Crippen molar-refractivity contribution in [2.45, 2.75) is 39.7 Å². The molecular weight excluding hydrogens is 396 g/mol. The van der Waals surface area contributed by atoms with Crippen LogP contribution in [0.3, 0.4) is 0 Å². The molecule has 0 unspecified atom stereocenters. The number of amides is 1. The Morgan fingerprint density at radius 2 is 2.00 bits per heavy atom. The van der Waals surface area contributed by atoms with Crippen LogP contribution in [-0.2, 0) is 17.6 Å². The highest BCUT2D eigenvalue weighted by Gasteiger charge is 2.14. The van der Waals surface area contributed by atoms with E-state index in [0.717, 1.165) is 5.56 Å². The Bertz CT molecular complexity index is 1010. The number of benzene rings is 1. The average molecular weight is 419 g/mol. The van der Waals surface area contributed by atoms with Gasteiger partial charge >= 0.3 is 6.61 Å². The third-order valence-corrected chi connectivity index (χ3v) is 4.70. The first-order valence-corrected chi connectivity index (χ1v) is 9.27. The molecule has 0 aliphatic rings. The van der Waals surface area contributed by atoms with Crippen molar-refractivity contribution in [1.82, 2.24) is 10.3 Å². The number of aryl methyl sites for hydroxylation is 1. The highest BCUT2D eigenvalue weighted by Crippen LogP contribution is 2.29. The van der Waals surface area contributed by atoms with Crippen molar-refractivity contribution in [1.29, 1.82) is 5.26 Å². The summed E-state index contributed by atoms with van der Waals surface area (Å²) in [5.74, 6) is -0.0591. The van der Waals surface area contributed by atoms with Crippen molar-refractivity contribution in [3.63, 3.8) is 0 Å². The molecule has 7 nitrogen and oxygen atoms in total. The van der Waals surface area contributed by atoms with Crippen molar-refractivity contribution < 1.29 is 23.0 Å². The Morgan fingerprint density at radius 3 is 2.63 bits per heavy atom. The van der Waals surface area contributed by atoms with Gasteiger partial charge < -0.3 is 19.8 Å². The Labute approximate surface area is 172 Å². The second-order valence-corrected chi connectivity index (χ2v) is 6.63. The van der Waals surface area contributed by atoms with E-state index in [-0.39, 0.29) is 29.4 Å². The number of H-pyrrole nitrogens is 1. The lowest BCUT2D eigenvalue weighted by Crippen LogP contribution is -2.26. The van der Waals surface area contributed by atoms with E-state index in [0.29, 0.717) is 36.2 Å². The molecule has 2 aromatic rings. The molecule has 0 radical (unpaired) electrons. The van der Waals surface area contributed by atoms with Crippen LogP contribution < -0.4 is 20.3 Å². The molecule has 0 aliphatic carbocycles. The molecule has 9 heteroatoms. The second kappa shape index (κ2) is 10.4. The second-order valence-electron chi connectivity index (χ2n) is 6.63. The number of pyridine rings is 1. The fourth-order valence-corrected chi connectivity index (χ4v) is 3.16. The maximum Gasteiger partial charge on any atom is 0.387 e. The number of nitriles is 1. The number of nitrogens with one attached hydrogen (secondary N) is 2. The van der Waals surface area contributed by atoms with E-state index in [1.54, 1.807) is 19.9 Å². The lowest BCUT2D eigenvalue weighted by Gasteiger charge is -2.12. The Kier molecular flexibility index (Phi) is 7.92. The fraction of sp³-hybridized carbons (Fsp3) is 0.381. The highest BCUT2D eigenvalue weighted by atomic mass is 19.3. The minimum atomic E-state index is -2.96. The van der Waals surface area contributed by atoms with Crippen LogP contribution in [-0.4, -0.2) is 31.2 Å². The number of carbonyl (C=O) groups is 1. The zero-order chi connectivity index (χ0) is 22.3. The van der Waals surface area contributed by atoms with Crippen molar-refractivity contribution in [3.8, 4) is 17.6 Å². The third kappa shape index (κ3) is 5.80. The summed E-state index contributed by atoms with van der Waals surface area (Å²) < 4.78 is 34.4. The minimum Gasteiger partial charge on any atom is -0.493 e. The van der Waals surface area contributed by atoms with Crippen LogP contribution in [0.1, 0.15) is 34.4 Å². The normalized spacial score (nSPS) is 10.6. The zero-order valence-corrected chi connectivity index (χ0v) is 17.0. The number of ether oxygens (including phenoxy) is 2. The van der Waals surface area contributed by atoms with Gasteiger partial charge in [-0.25, -0.2) is 0 Å². The highest BCUT2D eigenvalue weighted by molar-refractivity contribution is 5.76. The molecule has 1 aromatic heterocycles. The molecule has 30 heavy (non-hydrogen) atoms. The summed E-state index contributed by atoms with van der Waals surface area (Å²) in [6.45, 7) is 0.768. The van der Waals surface area contributed by atoms with Gasteiger partial charge in [0.05, 0.1) is 7.11 Å². The summed E-state index contributed by atoms with van der Waals surface area (Å²) in [6, 6.07) is 6.58. The fourth-order valence-electron chi connectivity index (χ4n) is 3.16. The molecule has 160 valence electrons. The van der Waals surface area contributed by atoms with E-state index in [1.165, 1.54) is 19.2 Å². The quantitative estimate of drug-likeness (QED) is 0.650. The van der Waals surface area contributed by atoms with Gasteiger partial charge in [0.25, 0.3) is 5.56 Å². The predicted molar refractivity (Wildman–Crippen MR) is 106 cm³/mol. The smallest absolute Gasteiger partial charge is 0.387 e. The number of aromatic nitrogens is 1. The van der Waals surface area contributed by atoms with Gasteiger partial charge in [-0.1, -0.05) is 6.07 Å². The van der Waals surface area contributed by atoms with Crippen molar-refractivity contribution in [2.24, 2.45) is 0 Å². The average Bonchev–Trinajstić information content (AvgIpc) is 2.67. The van der Waals surface area contributed by atoms with Gasteiger partial charge in [-0.15, -0.1) is 0 Å². The first-order chi connectivity index (χ1) is 14.3. The van der Waals surface area contributed by atoms with Crippen molar-refractivity contribution in [2.75, 3.05) is 13.7 Å². The molecule has 0 atom stereocenters. The standard InChI is InChI=1S/C21H23F2N3O4/c1-12-15(13(2)26-20(28)16(12)11-24)5-7-19(27)25-9-8-14-4-6-17(29-3)18(10-14)30-21(22)23/h4,6,10,21H,5,7-9H2,1-3H3,(H,25,27)(H,26,28). The molecule has 0 saturated heterocycles. The van der Waals surface area contributed by atoms with Gasteiger partial charge in [-0.05, 0) is 55.5 Å². The first-order valence-electron chi connectivity index (χ1n) is 9.27. The van der Waals surface area contributed by atoms with Gasteiger partial charge in [0.15, 0.2) is 11.5 Å². The number of aromatic amines is 1. The van der Waals surface area contributed by atoms with E-state index < -0.39 is 12.2 Å². The van der Waals surface area contributed by atoms with Crippen LogP contribution in [0.2, 0.25) is 0 Å². The molecular formula is C21H23F2N3O4. The number of methoxy groups -OCH3 is 1. The number of nitrogens with zero attached hydrogens (tertiary/aromatic N) is 1. The molecule has 0 fully saturated rings. The maximum absolute atomic E-state index is 12.5. The topological polar surface area (TPSA) is 104 Å². The number of hydrogen-bond donors (Lipinski definition) is 2. The molecule has 1 amide bonds. The van der Waals surface area contributed by atoms with Crippen molar-refractivity contribution in [3.05, 3.63) is 56.5 Å². The van der Waals surface area contributed by atoms with E-state index in [1.807, 2.05) is 6.07 Å². The Hall–Kier alpha value is -3.41. The third-order valence-electron chi connectivity index (χ3n) is 4.70. The van der Waals surface area contributed by atoms with Crippen LogP contribution in [0.4, 0.5) is 8.78 Å². The summed E-state index contributed by atoms with van der Waals surface area (Å²) in [4.78, 5) is 26.6. The van der Waals surface area contributed by atoms with Gasteiger partial charge in [-0.2, -0.15) is 14.0 Å². The summed E-state index contributed by atoms with van der Waals surface area (Å²) in [7, 11) is 1.36. The molecule has 0 bridgehead atoms. The molecule has 2 rings (SSSR count). The largest absolute Gasteiger partial charge is 0.493 e. The lowest BCUT2D eigenvalue weighted by molar-refractivity contribution is -0.121. The monoisotopic (exact) mass is 419 g/mol. The number of hydrogen-bond acceptors (Lipinski definition) is 5. The maximum atomic E-state index is 12.5. The van der Waals surface area contributed by atoms with E-state index in [2.05, 4.69) is 15.0 Å². The number of alkyl halides is 2. The summed E-state index contributed by atoms with van der Waals surface area (Å²) in [5, 5.41) is 11.9. The summed E-state index contributed by atoms with van der Waals surface area (Å²) in [5.41, 5.74) is 2.31. The molecule has 1 heterocycles. The van der Waals surface area contributed by atoms with Crippen molar-refractivity contribution >= 4 is 5.91 Å². The van der Waals surface area contributed by atoms with E-state index in [4.69, 9.17) is 10.00 Å². The van der Waals surface area contributed by atoms with Crippen LogP contribution >= 0.6 is 0 Å². The van der Waals surface area contributed by atoms with Crippen LogP contribution in [0.5, 0.6) is 11.5 Å². The molecule has 2 N–H and O–H groups in total. The predicted octanol–water partition coefficient (Wildman–Crippen LogP) is 2.76. The zero-order valence-electron chi connectivity index (χ0n) is 17.0. The minimum absolute atomic E-state index is 0.0531. The van der Waals surface area contributed by atoms with Crippen LogP contribution in [0.25, 0.3) is 0 Å². The summed E-state index contributed by atoms with van der Waals surface area (Å²) >= 11 is 0. The van der Waals surface area contributed by atoms with Crippen LogP contribution in [0.15, 0.2) is 23.0 Å². The van der Waals surface area contributed by atoms with Gasteiger partial charge in [0.1, 0.15) is 11.6 Å².